The molecular weight excluding hydrogens is 364 g/mol. The maximum atomic E-state index is 12.7. The monoisotopic (exact) mass is 374 g/mol. The van der Waals surface area contributed by atoms with Crippen molar-refractivity contribution in [1.29, 1.82) is 0 Å². The third kappa shape index (κ3) is 2.54. The van der Waals surface area contributed by atoms with Crippen LogP contribution >= 0.6 is 15.9 Å². The van der Waals surface area contributed by atoms with Crippen LogP contribution in [0, 0.1) is 10.4 Å². The van der Waals surface area contributed by atoms with Gasteiger partial charge < -0.3 is 15.5 Å². The first kappa shape index (κ1) is 15.4. The Kier molecular flexibility index (Phi) is 3.97. The van der Waals surface area contributed by atoms with Crippen molar-refractivity contribution in [2.75, 3.05) is 0 Å². The summed E-state index contributed by atoms with van der Waals surface area (Å²) in [6.07, 6.45) is 0. The van der Waals surface area contributed by atoms with Gasteiger partial charge in [-0.15, -0.1) is 0 Å². The lowest BCUT2D eigenvalue weighted by molar-refractivity contribution is -0.637. The first-order chi connectivity index (χ1) is 11.0. The number of nitrogens with zero attached hydrogens (tertiary/aromatic N) is 2. The molecule has 6 nitrogen and oxygen atoms in total. The van der Waals surface area contributed by atoms with E-state index < -0.39 is 12.4 Å². The molecule has 23 heavy (non-hydrogen) atoms. The number of hydrogen-bond acceptors (Lipinski definition) is 4. The second-order valence-electron chi connectivity index (χ2n) is 4.87. The number of aliphatic hydroxyl groups is 1. The van der Waals surface area contributed by atoms with Crippen LogP contribution in [0.25, 0.3) is 11.0 Å². The van der Waals surface area contributed by atoms with Crippen LogP contribution in [0.1, 0.15) is 21.7 Å². The summed E-state index contributed by atoms with van der Waals surface area (Å²) < 4.78 is 1.61. The summed E-state index contributed by atoms with van der Waals surface area (Å²) in [6.45, 7) is -0.714. The molecule has 0 aliphatic carbocycles. The van der Waals surface area contributed by atoms with Gasteiger partial charge in [0, 0.05) is 22.2 Å². The first-order valence-corrected chi connectivity index (χ1v) is 7.51. The van der Waals surface area contributed by atoms with E-state index in [1.165, 1.54) is 24.3 Å². The predicted octanol–water partition coefficient (Wildman–Crippen LogP) is 1.59. The van der Waals surface area contributed by atoms with E-state index in [2.05, 4.69) is 15.9 Å². The quantitative estimate of drug-likeness (QED) is 0.428. The number of halogens is 1. The maximum absolute atomic E-state index is 12.7. The molecule has 0 unspecified atom stereocenters. The molecule has 0 fully saturated rings. The molecule has 3 aromatic rings. The predicted molar refractivity (Wildman–Crippen MR) is 85.4 cm³/mol. The summed E-state index contributed by atoms with van der Waals surface area (Å²) in [6, 6.07) is 12.5. The third-order valence-corrected chi connectivity index (χ3v) is 4.04. The molecule has 0 bridgehead atoms. The van der Waals surface area contributed by atoms with Crippen molar-refractivity contribution >= 4 is 32.7 Å². The van der Waals surface area contributed by atoms with Crippen molar-refractivity contribution in [3.8, 4) is 0 Å². The minimum Gasteiger partial charge on any atom is -0.618 e. The molecule has 1 heterocycles. The van der Waals surface area contributed by atoms with E-state index >= 15 is 0 Å². The molecule has 116 valence electrons. The Morgan fingerprint density at radius 3 is 2.13 bits per heavy atom. The summed E-state index contributed by atoms with van der Waals surface area (Å²) in [5.74, 6) is -0.619. The summed E-state index contributed by atoms with van der Waals surface area (Å²) in [5, 5.41) is 34.4. The molecule has 3 rings (SSSR count). The van der Waals surface area contributed by atoms with Crippen molar-refractivity contribution in [2.45, 2.75) is 6.61 Å². The normalized spacial score (nSPS) is 10.9. The summed E-state index contributed by atoms with van der Waals surface area (Å²) in [7, 11) is 0. The number of carbonyl (C=O) groups is 1. The van der Waals surface area contributed by atoms with Gasteiger partial charge in [-0.3, -0.25) is 4.79 Å². The molecule has 0 amide bonds. The van der Waals surface area contributed by atoms with Crippen molar-refractivity contribution < 1.29 is 19.4 Å². The number of aliphatic hydroxyl groups excluding tert-OH is 1. The molecule has 7 heteroatoms. The van der Waals surface area contributed by atoms with E-state index in [1.807, 2.05) is 0 Å². The first-order valence-electron chi connectivity index (χ1n) is 6.72. The van der Waals surface area contributed by atoms with Crippen LogP contribution in [0.3, 0.4) is 0 Å². The maximum Gasteiger partial charge on any atom is 0.336 e. The summed E-state index contributed by atoms with van der Waals surface area (Å²) in [5.41, 5.74) is -0.225. The largest absolute Gasteiger partial charge is 0.618 e. The standard InChI is InChI=1S/C16H11BrN2O4/c17-11-7-5-10(6-8-11)16(21)15-14(9-20)18(22)12-3-1-2-4-13(12)19(15)23/h1-8,20H,9H2. The lowest BCUT2D eigenvalue weighted by Crippen LogP contribution is -2.47. The molecule has 0 aliphatic rings. The van der Waals surface area contributed by atoms with Gasteiger partial charge in [0.15, 0.2) is 0 Å². The number of hydrogen-bond donors (Lipinski definition) is 1. The Hall–Kier alpha value is -2.51. The van der Waals surface area contributed by atoms with Crippen molar-refractivity contribution in [1.82, 2.24) is 0 Å². The van der Waals surface area contributed by atoms with Crippen molar-refractivity contribution in [3.05, 3.63) is 80.4 Å². The van der Waals surface area contributed by atoms with Gasteiger partial charge in [-0.05, 0) is 24.3 Å². The second kappa shape index (κ2) is 5.94. The number of para-hydroxylation sites is 2. The number of rotatable bonds is 3. The van der Waals surface area contributed by atoms with E-state index in [1.54, 1.807) is 24.3 Å². The summed E-state index contributed by atoms with van der Waals surface area (Å²) in [4.78, 5) is 12.7. The van der Waals surface area contributed by atoms with Crippen LogP contribution in [0.15, 0.2) is 53.0 Å². The Bertz CT molecular complexity index is 910. The molecule has 0 atom stereocenters. The smallest absolute Gasteiger partial charge is 0.336 e. The molecular formula is C16H11BrN2O4. The van der Waals surface area contributed by atoms with Gasteiger partial charge in [0.05, 0.1) is 0 Å². The fraction of sp³-hybridized carbons (Fsp3) is 0.0625. The lowest BCUT2D eigenvalue weighted by atomic mass is 10.1. The average Bonchev–Trinajstić information content (AvgIpc) is 2.58. The van der Waals surface area contributed by atoms with Gasteiger partial charge in [0.1, 0.15) is 6.61 Å². The number of ketones is 1. The van der Waals surface area contributed by atoms with Gasteiger partial charge in [-0.1, -0.05) is 28.1 Å². The zero-order chi connectivity index (χ0) is 16.6. The van der Waals surface area contributed by atoms with Gasteiger partial charge in [0.25, 0.3) is 22.5 Å². The van der Waals surface area contributed by atoms with Crippen LogP contribution in [-0.2, 0) is 6.61 Å². The highest BCUT2D eigenvalue weighted by molar-refractivity contribution is 9.10. The number of carbonyl (C=O) groups excluding carboxylic acids is 1. The fourth-order valence-corrected chi connectivity index (χ4v) is 2.65. The third-order valence-electron chi connectivity index (χ3n) is 3.51. The highest BCUT2D eigenvalue weighted by Crippen LogP contribution is 2.16. The van der Waals surface area contributed by atoms with Gasteiger partial charge in [-0.2, -0.15) is 9.46 Å². The van der Waals surface area contributed by atoms with Crippen LogP contribution in [-0.4, -0.2) is 10.9 Å². The Labute approximate surface area is 139 Å². The Morgan fingerprint density at radius 2 is 1.57 bits per heavy atom. The molecule has 0 saturated heterocycles. The fourth-order valence-electron chi connectivity index (χ4n) is 2.39. The number of fused-ring (bicyclic) bond motifs is 1. The van der Waals surface area contributed by atoms with Crippen LogP contribution in [0.5, 0.6) is 0 Å². The molecule has 2 aromatic carbocycles. The molecule has 1 N–H and O–H groups in total. The van der Waals surface area contributed by atoms with Crippen LogP contribution < -0.4 is 9.46 Å². The van der Waals surface area contributed by atoms with E-state index in [9.17, 15) is 20.3 Å². The molecule has 1 aromatic heterocycles. The van der Waals surface area contributed by atoms with Crippen molar-refractivity contribution in [3.63, 3.8) is 0 Å². The zero-order valence-electron chi connectivity index (χ0n) is 11.8. The van der Waals surface area contributed by atoms with E-state index in [-0.39, 0.29) is 28.0 Å². The number of benzene rings is 2. The van der Waals surface area contributed by atoms with E-state index in [0.717, 1.165) is 4.47 Å². The van der Waals surface area contributed by atoms with Crippen LogP contribution in [0.4, 0.5) is 0 Å². The highest BCUT2D eigenvalue weighted by atomic mass is 79.9. The van der Waals surface area contributed by atoms with Gasteiger partial charge in [-0.25, -0.2) is 0 Å². The highest BCUT2D eigenvalue weighted by Gasteiger charge is 2.33. The van der Waals surface area contributed by atoms with Crippen LogP contribution in [0.2, 0.25) is 0 Å². The Morgan fingerprint density at radius 1 is 1.00 bits per heavy atom. The zero-order valence-corrected chi connectivity index (χ0v) is 13.4. The topological polar surface area (TPSA) is 91.2 Å². The minimum absolute atomic E-state index is 0.0696. The number of aromatic nitrogens is 2. The SMILES string of the molecule is O=C(c1ccc(Br)cc1)c1c(CO)[n+]([O-])c2ccccc2[n+]1[O-]. The Balaban J connectivity index is 2.29. The van der Waals surface area contributed by atoms with Gasteiger partial charge in [0.2, 0.25) is 0 Å². The average molecular weight is 375 g/mol. The molecule has 0 aliphatic heterocycles. The molecule has 0 radical (unpaired) electrons. The lowest BCUT2D eigenvalue weighted by Gasteiger charge is -2.11. The minimum atomic E-state index is -0.714. The van der Waals surface area contributed by atoms with Crippen molar-refractivity contribution in [2.24, 2.45) is 0 Å². The van der Waals surface area contributed by atoms with Gasteiger partial charge >= 0.3 is 5.69 Å². The van der Waals surface area contributed by atoms with E-state index in [4.69, 9.17) is 0 Å². The molecule has 0 spiro atoms. The van der Waals surface area contributed by atoms with E-state index in [0.29, 0.717) is 9.46 Å². The second-order valence-corrected chi connectivity index (χ2v) is 5.78. The molecule has 0 saturated carbocycles. The summed E-state index contributed by atoms with van der Waals surface area (Å²) >= 11 is 3.27.